The van der Waals surface area contributed by atoms with Crippen LogP contribution in [0, 0.1) is 10.7 Å². The molecule has 0 atom stereocenters. The molecule has 0 saturated carbocycles. The maximum atomic E-state index is 8.14. The number of thiocyanates is 1. The first-order chi connectivity index (χ1) is 4.18. The molecule has 0 amide bonds. The quantitative estimate of drug-likeness (QED) is 0.720. The SMILES string of the molecule is N#CSCC(Br)=C(Br)Br. The third-order valence-electron chi connectivity index (χ3n) is 0.469. The van der Waals surface area contributed by atoms with Gasteiger partial charge < -0.3 is 0 Å². The Morgan fingerprint density at radius 3 is 2.33 bits per heavy atom. The van der Waals surface area contributed by atoms with Crippen molar-refractivity contribution in [1.82, 2.24) is 0 Å². The second-order valence-electron chi connectivity index (χ2n) is 1.05. The molecule has 0 rings (SSSR count). The molecule has 0 aliphatic carbocycles. The zero-order valence-electron chi connectivity index (χ0n) is 4.20. The highest BCUT2D eigenvalue weighted by atomic mass is 79.9. The first-order valence-electron chi connectivity index (χ1n) is 1.89. The van der Waals surface area contributed by atoms with Crippen LogP contribution in [0.4, 0.5) is 0 Å². The number of halogens is 3. The van der Waals surface area contributed by atoms with E-state index >= 15 is 0 Å². The van der Waals surface area contributed by atoms with Gasteiger partial charge in [-0.15, -0.1) is 0 Å². The minimum Gasteiger partial charge on any atom is -0.185 e. The predicted octanol–water partition coefficient (Wildman–Crippen LogP) is 3.55. The summed E-state index contributed by atoms with van der Waals surface area (Å²) in [6.45, 7) is 0. The Morgan fingerprint density at radius 1 is 1.44 bits per heavy atom. The standard InChI is InChI=1S/C4H2Br3NS/c5-3(4(6)7)1-9-2-8/h1H2. The fourth-order valence-corrected chi connectivity index (χ4v) is 1.48. The molecule has 0 saturated heterocycles. The van der Waals surface area contributed by atoms with Gasteiger partial charge >= 0.3 is 0 Å². The molecule has 0 bridgehead atoms. The van der Waals surface area contributed by atoms with Gasteiger partial charge in [-0.1, -0.05) is 15.9 Å². The van der Waals surface area contributed by atoms with Gasteiger partial charge in [0.05, 0.1) is 3.39 Å². The number of nitriles is 1. The summed E-state index contributed by atoms with van der Waals surface area (Å²) in [5.41, 5.74) is 0. The first kappa shape index (κ1) is 10.0. The van der Waals surface area contributed by atoms with E-state index in [1.165, 1.54) is 11.8 Å². The molecule has 1 nitrogen and oxygen atoms in total. The van der Waals surface area contributed by atoms with Crippen molar-refractivity contribution in [1.29, 1.82) is 5.26 Å². The maximum Gasteiger partial charge on any atom is 0.133 e. The second-order valence-corrected chi connectivity index (χ2v) is 5.41. The van der Waals surface area contributed by atoms with Crippen molar-refractivity contribution in [3.63, 3.8) is 0 Å². The fraction of sp³-hybridized carbons (Fsp3) is 0.250. The lowest BCUT2D eigenvalue weighted by molar-refractivity contribution is 1.56. The van der Waals surface area contributed by atoms with Crippen molar-refractivity contribution in [2.75, 3.05) is 5.75 Å². The van der Waals surface area contributed by atoms with E-state index in [4.69, 9.17) is 5.26 Å². The molecule has 0 aliphatic rings. The average Bonchev–Trinajstić information content (AvgIpc) is 1.82. The molecule has 0 aromatic rings. The van der Waals surface area contributed by atoms with Crippen LogP contribution in [-0.4, -0.2) is 5.75 Å². The Labute approximate surface area is 83.3 Å². The van der Waals surface area contributed by atoms with E-state index in [0.29, 0.717) is 5.75 Å². The Hall–Kier alpha value is 1.02. The van der Waals surface area contributed by atoms with E-state index < -0.39 is 0 Å². The highest BCUT2D eigenvalue weighted by Gasteiger charge is 1.95. The molecule has 0 N–H and O–H groups in total. The lowest BCUT2D eigenvalue weighted by Crippen LogP contribution is -1.73. The molecule has 0 heterocycles. The van der Waals surface area contributed by atoms with Gasteiger partial charge in [0.15, 0.2) is 0 Å². The fourth-order valence-electron chi connectivity index (χ4n) is 0.150. The molecule has 0 fully saturated rings. The summed E-state index contributed by atoms with van der Waals surface area (Å²) in [6, 6.07) is 0. The third-order valence-corrected chi connectivity index (χ3v) is 4.10. The molecule has 0 radical (unpaired) electrons. The van der Waals surface area contributed by atoms with Crippen LogP contribution in [0.25, 0.3) is 0 Å². The molecule has 0 aromatic heterocycles. The van der Waals surface area contributed by atoms with Gasteiger partial charge in [0, 0.05) is 10.2 Å². The van der Waals surface area contributed by atoms with Crippen LogP contribution in [0.3, 0.4) is 0 Å². The Balaban J connectivity index is 3.67. The van der Waals surface area contributed by atoms with Crippen LogP contribution in [-0.2, 0) is 0 Å². The average molecular weight is 336 g/mol. The van der Waals surface area contributed by atoms with Crippen LogP contribution in [0.2, 0.25) is 0 Å². The normalized spacial score (nSPS) is 8.22. The smallest absolute Gasteiger partial charge is 0.133 e. The van der Waals surface area contributed by atoms with E-state index in [1.54, 1.807) is 0 Å². The van der Waals surface area contributed by atoms with Gasteiger partial charge in [-0.25, -0.2) is 0 Å². The minimum atomic E-state index is 0.669. The predicted molar refractivity (Wildman–Crippen MR) is 51.9 cm³/mol. The first-order valence-corrected chi connectivity index (χ1v) is 5.25. The van der Waals surface area contributed by atoms with E-state index in [9.17, 15) is 0 Å². The molecule has 5 heteroatoms. The number of rotatable bonds is 2. The molecule has 50 valence electrons. The Kier molecular flexibility index (Phi) is 6.43. The summed E-state index contributed by atoms with van der Waals surface area (Å²) in [5.74, 6) is 0.669. The number of nitrogens with zero attached hydrogens (tertiary/aromatic N) is 1. The summed E-state index contributed by atoms with van der Waals surface area (Å²) >= 11 is 10.8. The van der Waals surface area contributed by atoms with Crippen molar-refractivity contribution >= 4 is 59.6 Å². The zero-order chi connectivity index (χ0) is 7.28. The van der Waals surface area contributed by atoms with Crippen LogP contribution in [0.1, 0.15) is 0 Å². The van der Waals surface area contributed by atoms with Crippen molar-refractivity contribution in [3.8, 4) is 5.40 Å². The van der Waals surface area contributed by atoms with Crippen LogP contribution in [0.5, 0.6) is 0 Å². The van der Waals surface area contributed by atoms with Crippen LogP contribution >= 0.6 is 59.6 Å². The second kappa shape index (κ2) is 5.78. The van der Waals surface area contributed by atoms with Gasteiger partial charge in [0.1, 0.15) is 5.40 Å². The molecular weight excluding hydrogens is 334 g/mol. The highest BCUT2D eigenvalue weighted by molar-refractivity contribution is 9.29. The van der Waals surface area contributed by atoms with E-state index in [0.717, 1.165) is 7.87 Å². The molecule has 0 aromatic carbocycles. The largest absolute Gasteiger partial charge is 0.185 e. The van der Waals surface area contributed by atoms with Gasteiger partial charge in [0.2, 0.25) is 0 Å². The van der Waals surface area contributed by atoms with Crippen molar-refractivity contribution in [2.45, 2.75) is 0 Å². The lowest BCUT2D eigenvalue weighted by atomic mass is 10.8. The summed E-state index contributed by atoms with van der Waals surface area (Å²) in [5, 5.41) is 10.1. The Bertz CT molecular complexity index is 156. The molecule has 9 heavy (non-hydrogen) atoms. The topological polar surface area (TPSA) is 23.8 Å². The van der Waals surface area contributed by atoms with Crippen molar-refractivity contribution in [3.05, 3.63) is 7.87 Å². The highest BCUT2D eigenvalue weighted by Crippen LogP contribution is 2.25. The van der Waals surface area contributed by atoms with E-state index in [1.807, 2.05) is 5.40 Å². The van der Waals surface area contributed by atoms with Gasteiger partial charge in [0.25, 0.3) is 0 Å². The number of hydrogen-bond acceptors (Lipinski definition) is 2. The molecule has 0 unspecified atom stereocenters. The zero-order valence-corrected chi connectivity index (χ0v) is 9.77. The van der Waals surface area contributed by atoms with Crippen molar-refractivity contribution in [2.24, 2.45) is 0 Å². The maximum absolute atomic E-state index is 8.14. The molecule has 0 aliphatic heterocycles. The van der Waals surface area contributed by atoms with Gasteiger partial charge in [-0.05, 0) is 43.6 Å². The van der Waals surface area contributed by atoms with E-state index in [2.05, 4.69) is 47.8 Å². The van der Waals surface area contributed by atoms with Crippen LogP contribution in [0.15, 0.2) is 7.87 Å². The van der Waals surface area contributed by atoms with Crippen LogP contribution < -0.4 is 0 Å². The summed E-state index contributed by atoms with van der Waals surface area (Å²) in [6.07, 6.45) is 0. The minimum absolute atomic E-state index is 0.669. The molecular formula is C4H2Br3NS. The van der Waals surface area contributed by atoms with E-state index in [-0.39, 0.29) is 0 Å². The molecule has 0 spiro atoms. The summed E-state index contributed by atoms with van der Waals surface area (Å²) in [4.78, 5) is 0. The third kappa shape index (κ3) is 5.46. The Morgan fingerprint density at radius 2 is 2.00 bits per heavy atom. The number of thioether (sulfide) groups is 1. The van der Waals surface area contributed by atoms with Gasteiger partial charge in [-0.3, -0.25) is 0 Å². The lowest BCUT2D eigenvalue weighted by Gasteiger charge is -1.90. The number of hydrogen-bond donors (Lipinski definition) is 0. The summed E-state index contributed by atoms with van der Waals surface area (Å²) < 4.78 is 1.81. The van der Waals surface area contributed by atoms with Crippen molar-refractivity contribution < 1.29 is 0 Å². The summed E-state index contributed by atoms with van der Waals surface area (Å²) in [7, 11) is 0. The van der Waals surface area contributed by atoms with Gasteiger partial charge in [-0.2, -0.15) is 5.26 Å². The monoisotopic (exact) mass is 333 g/mol.